The third-order valence-electron chi connectivity index (χ3n) is 4.31. The molecule has 3 rings (SSSR count). The molecule has 0 unspecified atom stereocenters. The Morgan fingerprint density at radius 2 is 1.62 bits per heavy atom. The first-order valence-electron chi connectivity index (χ1n) is 8.99. The van der Waals surface area contributed by atoms with E-state index in [-0.39, 0.29) is 5.91 Å². The highest BCUT2D eigenvalue weighted by Crippen LogP contribution is 2.29. The predicted octanol–water partition coefficient (Wildman–Crippen LogP) is 3.97. The van der Waals surface area contributed by atoms with Gasteiger partial charge in [0.15, 0.2) is 0 Å². The van der Waals surface area contributed by atoms with Crippen molar-refractivity contribution in [3.05, 3.63) is 72.1 Å². The summed E-state index contributed by atoms with van der Waals surface area (Å²) >= 11 is 0. The molecule has 0 radical (unpaired) electrons. The average Bonchev–Trinajstić information content (AvgIpc) is 2.78. The summed E-state index contributed by atoms with van der Waals surface area (Å²) in [4.78, 5) is 16.7. The van der Waals surface area contributed by atoms with Crippen LogP contribution in [-0.4, -0.2) is 32.2 Å². The van der Waals surface area contributed by atoms with Gasteiger partial charge in [-0.25, -0.2) is 4.98 Å². The first-order chi connectivity index (χ1) is 14.1. The molecule has 150 valence electrons. The van der Waals surface area contributed by atoms with Gasteiger partial charge in [0.05, 0.1) is 38.9 Å². The molecule has 29 heavy (non-hydrogen) atoms. The number of nitrogens with one attached hydrogen (secondary N) is 2. The fraction of sp³-hybridized carbons (Fsp3) is 0.182. The van der Waals surface area contributed by atoms with Crippen LogP contribution >= 0.6 is 0 Å². The lowest BCUT2D eigenvalue weighted by molar-refractivity contribution is 0.102. The lowest BCUT2D eigenvalue weighted by Gasteiger charge is -2.12. The molecule has 1 aromatic heterocycles. The number of hydrogen-bond acceptors (Lipinski definition) is 6. The topological polar surface area (TPSA) is 81.7 Å². The lowest BCUT2D eigenvalue weighted by Crippen LogP contribution is -2.14. The van der Waals surface area contributed by atoms with Crippen molar-refractivity contribution in [3.63, 3.8) is 0 Å². The van der Waals surface area contributed by atoms with Crippen molar-refractivity contribution >= 4 is 17.3 Å². The van der Waals surface area contributed by atoms with Crippen LogP contribution < -0.4 is 24.8 Å². The molecule has 2 aromatic carbocycles. The van der Waals surface area contributed by atoms with Gasteiger partial charge in [-0.15, -0.1) is 0 Å². The quantitative estimate of drug-likeness (QED) is 0.603. The van der Waals surface area contributed by atoms with Gasteiger partial charge in [-0.05, 0) is 42.0 Å². The maximum Gasteiger partial charge on any atom is 0.274 e. The Balaban J connectivity index is 1.61. The molecule has 0 atom stereocenters. The smallest absolute Gasteiger partial charge is 0.274 e. The number of anilines is 2. The van der Waals surface area contributed by atoms with Crippen molar-refractivity contribution in [1.29, 1.82) is 0 Å². The summed E-state index contributed by atoms with van der Waals surface area (Å²) in [5, 5.41) is 6.08. The molecule has 1 amide bonds. The van der Waals surface area contributed by atoms with Gasteiger partial charge in [0, 0.05) is 12.6 Å². The second kappa shape index (κ2) is 9.45. The number of benzene rings is 2. The second-order valence-corrected chi connectivity index (χ2v) is 6.15. The molecule has 0 saturated heterocycles. The Kier molecular flexibility index (Phi) is 6.52. The molecule has 0 saturated carbocycles. The Morgan fingerprint density at radius 1 is 0.897 bits per heavy atom. The van der Waals surface area contributed by atoms with Crippen LogP contribution in [0.1, 0.15) is 16.1 Å². The molecule has 0 spiro atoms. The Bertz CT molecular complexity index is 957. The van der Waals surface area contributed by atoms with Crippen molar-refractivity contribution in [2.75, 3.05) is 32.0 Å². The highest BCUT2D eigenvalue weighted by atomic mass is 16.5. The van der Waals surface area contributed by atoms with Gasteiger partial charge in [0.1, 0.15) is 22.9 Å². The number of carbonyl (C=O) groups excluding carboxylic acids is 1. The molecule has 3 aromatic rings. The number of pyridine rings is 1. The van der Waals surface area contributed by atoms with Crippen molar-refractivity contribution < 1.29 is 19.0 Å². The summed E-state index contributed by atoms with van der Waals surface area (Å²) in [7, 11) is 4.74. The molecule has 1 heterocycles. The summed E-state index contributed by atoms with van der Waals surface area (Å²) in [6.45, 7) is 0.639. The van der Waals surface area contributed by atoms with Crippen LogP contribution in [0.4, 0.5) is 11.4 Å². The number of methoxy groups -OCH3 is 3. The van der Waals surface area contributed by atoms with Gasteiger partial charge in [0.2, 0.25) is 0 Å². The van der Waals surface area contributed by atoms with Crippen molar-refractivity contribution in [2.24, 2.45) is 0 Å². The van der Waals surface area contributed by atoms with Crippen LogP contribution in [0.5, 0.6) is 17.2 Å². The monoisotopic (exact) mass is 393 g/mol. The van der Waals surface area contributed by atoms with Crippen molar-refractivity contribution in [3.8, 4) is 17.2 Å². The van der Waals surface area contributed by atoms with Crippen LogP contribution in [0.25, 0.3) is 0 Å². The zero-order valence-electron chi connectivity index (χ0n) is 16.6. The fourth-order valence-electron chi connectivity index (χ4n) is 2.67. The summed E-state index contributed by atoms with van der Waals surface area (Å²) in [5.41, 5.74) is 2.78. The fourth-order valence-corrected chi connectivity index (χ4v) is 2.67. The average molecular weight is 393 g/mol. The second-order valence-electron chi connectivity index (χ2n) is 6.15. The third kappa shape index (κ3) is 5.16. The largest absolute Gasteiger partial charge is 0.497 e. The lowest BCUT2D eigenvalue weighted by atomic mass is 10.2. The van der Waals surface area contributed by atoms with Crippen LogP contribution in [0, 0.1) is 0 Å². The van der Waals surface area contributed by atoms with Crippen molar-refractivity contribution in [1.82, 2.24) is 4.98 Å². The van der Waals surface area contributed by atoms with Crippen LogP contribution in [-0.2, 0) is 6.54 Å². The molecule has 2 N–H and O–H groups in total. The maximum absolute atomic E-state index is 12.5. The van der Waals surface area contributed by atoms with E-state index in [1.54, 1.807) is 44.7 Å². The molecule has 7 heteroatoms. The van der Waals surface area contributed by atoms with Gasteiger partial charge in [-0.3, -0.25) is 4.79 Å². The van der Waals surface area contributed by atoms with E-state index in [1.165, 1.54) is 7.11 Å². The number of nitrogens with zero attached hydrogens (tertiary/aromatic N) is 1. The van der Waals surface area contributed by atoms with E-state index in [0.29, 0.717) is 29.4 Å². The summed E-state index contributed by atoms with van der Waals surface area (Å²) in [6, 6.07) is 16.5. The Labute approximate surface area is 169 Å². The van der Waals surface area contributed by atoms with E-state index in [1.807, 2.05) is 30.3 Å². The van der Waals surface area contributed by atoms with Crippen LogP contribution in [0.15, 0.2) is 60.8 Å². The zero-order chi connectivity index (χ0) is 20.6. The van der Waals surface area contributed by atoms with E-state index in [9.17, 15) is 4.79 Å². The van der Waals surface area contributed by atoms with E-state index in [4.69, 9.17) is 14.2 Å². The molecule has 0 fully saturated rings. The molecular formula is C22H23N3O4. The van der Waals surface area contributed by atoms with E-state index < -0.39 is 0 Å². The number of hydrogen-bond donors (Lipinski definition) is 2. The van der Waals surface area contributed by atoms with Crippen LogP contribution in [0.2, 0.25) is 0 Å². The normalized spacial score (nSPS) is 10.2. The van der Waals surface area contributed by atoms with Gasteiger partial charge in [-0.2, -0.15) is 0 Å². The standard InChI is InChI=1S/C22H23N3O4/c1-27-17-7-4-15(5-8-17)13-23-16-6-10-20(24-14-16)22(26)25-19-11-9-18(28-2)12-21(19)29-3/h4-12,14,23H,13H2,1-3H3,(H,25,26). The molecule has 0 aliphatic heterocycles. The molecule has 7 nitrogen and oxygen atoms in total. The third-order valence-corrected chi connectivity index (χ3v) is 4.31. The SMILES string of the molecule is COc1ccc(CNc2ccc(C(=O)Nc3ccc(OC)cc3OC)nc2)cc1. The van der Waals surface area contributed by atoms with Crippen LogP contribution in [0.3, 0.4) is 0 Å². The predicted molar refractivity (Wildman–Crippen MR) is 112 cm³/mol. The number of carbonyl (C=O) groups is 1. The summed E-state index contributed by atoms with van der Waals surface area (Å²) in [5.74, 6) is 1.65. The number of aromatic nitrogens is 1. The van der Waals surface area contributed by atoms with E-state index in [0.717, 1.165) is 17.0 Å². The van der Waals surface area contributed by atoms with E-state index >= 15 is 0 Å². The zero-order valence-corrected chi connectivity index (χ0v) is 16.6. The molecular weight excluding hydrogens is 370 g/mol. The molecule has 0 bridgehead atoms. The Hall–Kier alpha value is -3.74. The van der Waals surface area contributed by atoms with Gasteiger partial charge < -0.3 is 24.8 Å². The van der Waals surface area contributed by atoms with Gasteiger partial charge >= 0.3 is 0 Å². The summed E-state index contributed by atoms with van der Waals surface area (Å²) in [6.07, 6.45) is 1.63. The molecule has 0 aliphatic carbocycles. The number of ether oxygens (including phenoxy) is 3. The number of rotatable bonds is 8. The Morgan fingerprint density at radius 3 is 2.24 bits per heavy atom. The maximum atomic E-state index is 12.5. The van der Waals surface area contributed by atoms with Gasteiger partial charge in [-0.1, -0.05) is 12.1 Å². The first-order valence-corrected chi connectivity index (χ1v) is 8.99. The highest BCUT2D eigenvalue weighted by molar-refractivity contribution is 6.03. The van der Waals surface area contributed by atoms with Gasteiger partial charge in [0.25, 0.3) is 5.91 Å². The summed E-state index contributed by atoms with van der Waals surface area (Å²) < 4.78 is 15.6. The number of amides is 1. The minimum Gasteiger partial charge on any atom is -0.497 e. The first kappa shape index (κ1) is 20.0. The van der Waals surface area contributed by atoms with E-state index in [2.05, 4.69) is 15.6 Å². The van der Waals surface area contributed by atoms with Crippen molar-refractivity contribution in [2.45, 2.75) is 6.54 Å². The molecule has 0 aliphatic rings. The minimum atomic E-state index is -0.324. The highest BCUT2D eigenvalue weighted by Gasteiger charge is 2.12. The minimum absolute atomic E-state index is 0.304.